The van der Waals surface area contributed by atoms with Gasteiger partial charge in [-0.1, -0.05) is 12.1 Å². The van der Waals surface area contributed by atoms with E-state index in [1.54, 1.807) is 50.6 Å². The van der Waals surface area contributed by atoms with Crippen molar-refractivity contribution >= 4 is 17.9 Å². The lowest BCUT2D eigenvalue weighted by Gasteiger charge is -2.12. The molecule has 0 saturated heterocycles. The van der Waals surface area contributed by atoms with E-state index in [-0.39, 0.29) is 12.5 Å². The third-order valence-electron chi connectivity index (χ3n) is 3.76. The van der Waals surface area contributed by atoms with Gasteiger partial charge in [-0.15, -0.1) is 0 Å². The highest BCUT2D eigenvalue weighted by Crippen LogP contribution is 2.24. The second kappa shape index (κ2) is 10.6. The molecule has 0 bridgehead atoms. The van der Waals surface area contributed by atoms with Gasteiger partial charge in [0.1, 0.15) is 17.2 Å². The van der Waals surface area contributed by atoms with Gasteiger partial charge >= 0.3 is 0 Å². The Kier molecular flexibility index (Phi) is 7.86. The molecule has 0 aliphatic rings. The Balaban J connectivity index is 1.82. The van der Waals surface area contributed by atoms with Gasteiger partial charge in [-0.2, -0.15) is 0 Å². The topological polar surface area (TPSA) is 106 Å². The summed E-state index contributed by atoms with van der Waals surface area (Å²) in [6.07, 6.45) is 2.72. The van der Waals surface area contributed by atoms with Crippen molar-refractivity contribution in [2.75, 3.05) is 20.8 Å². The molecule has 2 rings (SSSR count). The van der Waals surface area contributed by atoms with E-state index >= 15 is 0 Å². The quantitative estimate of drug-likeness (QED) is 0.345. The molecule has 0 aliphatic heterocycles. The van der Waals surface area contributed by atoms with E-state index in [0.717, 1.165) is 11.1 Å². The van der Waals surface area contributed by atoms with E-state index in [0.29, 0.717) is 23.8 Å². The molecule has 2 aromatic carbocycles. The first-order valence-corrected chi connectivity index (χ1v) is 8.38. The fourth-order valence-corrected chi connectivity index (χ4v) is 2.28. The fourth-order valence-electron chi connectivity index (χ4n) is 2.28. The van der Waals surface area contributed by atoms with Crippen LogP contribution >= 0.6 is 0 Å². The third-order valence-corrected chi connectivity index (χ3v) is 3.76. The minimum absolute atomic E-state index is 0.138. The number of ether oxygens (including phenoxy) is 3. The Labute approximate surface area is 162 Å². The first-order chi connectivity index (χ1) is 13.5. The molecule has 0 aliphatic carbocycles. The Bertz CT molecular complexity index is 833. The summed E-state index contributed by atoms with van der Waals surface area (Å²) in [6, 6.07) is 12.2. The van der Waals surface area contributed by atoms with Crippen LogP contribution in [0.1, 0.15) is 11.1 Å². The summed E-state index contributed by atoms with van der Waals surface area (Å²) in [5, 5.41) is 11.2. The molecule has 3 N–H and O–H groups in total. The molecule has 2 amide bonds. The SMILES string of the molecule is COc1ccc(CNC(=O)COc2ccc(/C=C/C(=O)NO)cc2)c(OC)c1. The van der Waals surface area contributed by atoms with Crippen LogP contribution in [-0.2, 0) is 16.1 Å². The minimum Gasteiger partial charge on any atom is -0.497 e. The molecule has 8 nitrogen and oxygen atoms in total. The van der Waals surface area contributed by atoms with Crippen molar-refractivity contribution < 1.29 is 29.0 Å². The number of hydrogen-bond donors (Lipinski definition) is 3. The maximum Gasteiger partial charge on any atom is 0.267 e. The summed E-state index contributed by atoms with van der Waals surface area (Å²) in [4.78, 5) is 22.9. The average Bonchev–Trinajstić information content (AvgIpc) is 2.74. The monoisotopic (exact) mass is 386 g/mol. The molecule has 2 aromatic rings. The number of hydrogen-bond acceptors (Lipinski definition) is 6. The second-order valence-corrected chi connectivity index (χ2v) is 5.62. The molecule has 0 radical (unpaired) electrons. The highest BCUT2D eigenvalue weighted by atomic mass is 16.5. The number of amides is 2. The summed E-state index contributed by atoms with van der Waals surface area (Å²) in [7, 11) is 3.13. The maximum atomic E-state index is 12.0. The Morgan fingerprint density at radius 2 is 1.75 bits per heavy atom. The van der Waals surface area contributed by atoms with Crippen molar-refractivity contribution in [3.8, 4) is 17.2 Å². The van der Waals surface area contributed by atoms with Gasteiger partial charge in [0.15, 0.2) is 6.61 Å². The van der Waals surface area contributed by atoms with Gasteiger partial charge in [-0.3, -0.25) is 14.8 Å². The summed E-state index contributed by atoms with van der Waals surface area (Å²) in [5.74, 6) is 0.914. The predicted octanol–water partition coefficient (Wildman–Crippen LogP) is 1.92. The molecule has 0 aromatic heterocycles. The van der Waals surface area contributed by atoms with Crippen molar-refractivity contribution in [3.63, 3.8) is 0 Å². The van der Waals surface area contributed by atoms with E-state index < -0.39 is 5.91 Å². The lowest BCUT2D eigenvalue weighted by atomic mass is 10.2. The van der Waals surface area contributed by atoms with Crippen molar-refractivity contribution in [3.05, 3.63) is 59.7 Å². The van der Waals surface area contributed by atoms with E-state index in [1.807, 2.05) is 6.07 Å². The van der Waals surface area contributed by atoms with Crippen molar-refractivity contribution in [2.24, 2.45) is 0 Å². The van der Waals surface area contributed by atoms with Crippen LogP contribution in [0.5, 0.6) is 17.2 Å². The van der Waals surface area contributed by atoms with Crippen LogP contribution in [0.2, 0.25) is 0 Å². The molecule has 0 atom stereocenters. The van der Waals surface area contributed by atoms with Crippen molar-refractivity contribution in [2.45, 2.75) is 6.54 Å². The van der Waals surface area contributed by atoms with Crippen LogP contribution in [0, 0.1) is 0 Å². The van der Waals surface area contributed by atoms with Gasteiger partial charge in [-0.05, 0) is 35.9 Å². The maximum absolute atomic E-state index is 12.0. The zero-order valence-electron chi connectivity index (χ0n) is 15.6. The van der Waals surface area contributed by atoms with Crippen LogP contribution in [0.25, 0.3) is 6.08 Å². The van der Waals surface area contributed by atoms with Gasteiger partial charge in [0, 0.05) is 24.3 Å². The number of hydroxylamine groups is 1. The minimum atomic E-state index is -0.620. The lowest BCUT2D eigenvalue weighted by molar-refractivity contribution is -0.124. The van der Waals surface area contributed by atoms with Gasteiger partial charge in [0.2, 0.25) is 0 Å². The van der Waals surface area contributed by atoms with Crippen molar-refractivity contribution in [1.29, 1.82) is 0 Å². The summed E-state index contributed by atoms with van der Waals surface area (Å²) >= 11 is 0. The molecule has 0 unspecified atom stereocenters. The molecule has 0 spiro atoms. The van der Waals surface area contributed by atoms with Crippen molar-refractivity contribution in [1.82, 2.24) is 10.8 Å². The summed E-state index contributed by atoms with van der Waals surface area (Å²) < 4.78 is 15.9. The van der Waals surface area contributed by atoms with Crippen LogP contribution < -0.4 is 25.0 Å². The Morgan fingerprint density at radius 1 is 1.04 bits per heavy atom. The Hall–Kier alpha value is -3.52. The van der Waals surface area contributed by atoms with Crippen LogP contribution in [0.4, 0.5) is 0 Å². The first-order valence-electron chi connectivity index (χ1n) is 8.38. The molecule has 0 heterocycles. The van der Waals surface area contributed by atoms with Gasteiger partial charge in [-0.25, -0.2) is 5.48 Å². The van der Waals surface area contributed by atoms with E-state index in [2.05, 4.69) is 5.32 Å². The average molecular weight is 386 g/mol. The van der Waals surface area contributed by atoms with Crippen LogP contribution in [0.3, 0.4) is 0 Å². The molecule has 148 valence electrons. The number of nitrogens with one attached hydrogen (secondary N) is 2. The third kappa shape index (κ3) is 6.33. The number of carbonyl (C=O) groups excluding carboxylic acids is 2. The Morgan fingerprint density at radius 3 is 2.39 bits per heavy atom. The molecule has 0 fully saturated rings. The number of carbonyl (C=O) groups is 2. The van der Waals surface area contributed by atoms with Gasteiger partial charge in [0.05, 0.1) is 14.2 Å². The first kappa shape index (κ1) is 20.8. The van der Waals surface area contributed by atoms with Crippen LogP contribution in [-0.4, -0.2) is 37.8 Å². The van der Waals surface area contributed by atoms with E-state index in [4.69, 9.17) is 19.4 Å². The normalized spacial score (nSPS) is 10.4. The summed E-state index contributed by atoms with van der Waals surface area (Å²) in [5.41, 5.74) is 3.07. The lowest BCUT2D eigenvalue weighted by Crippen LogP contribution is -2.28. The fraction of sp³-hybridized carbons (Fsp3) is 0.200. The van der Waals surface area contributed by atoms with E-state index in [1.165, 1.54) is 17.6 Å². The number of benzene rings is 2. The van der Waals surface area contributed by atoms with Gasteiger partial charge < -0.3 is 19.5 Å². The zero-order chi connectivity index (χ0) is 20.4. The predicted molar refractivity (Wildman–Crippen MR) is 102 cm³/mol. The molecular formula is C20H22N2O6. The standard InChI is InChI=1S/C20H22N2O6/c1-26-17-9-6-15(18(11-17)27-2)12-21-20(24)13-28-16-7-3-14(4-8-16)5-10-19(23)22-25/h3-11,25H,12-13H2,1-2H3,(H,21,24)(H,22,23)/b10-5+. The van der Waals surface area contributed by atoms with E-state index in [9.17, 15) is 9.59 Å². The number of methoxy groups -OCH3 is 2. The molecule has 8 heteroatoms. The highest BCUT2D eigenvalue weighted by Gasteiger charge is 2.08. The molecule has 28 heavy (non-hydrogen) atoms. The largest absolute Gasteiger partial charge is 0.497 e. The molecular weight excluding hydrogens is 364 g/mol. The number of rotatable bonds is 9. The summed E-state index contributed by atoms with van der Waals surface area (Å²) in [6.45, 7) is 0.159. The van der Waals surface area contributed by atoms with Crippen LogP contribution in [0.15, 0.2) is 48.5 Å². The highest BCUT2D eigenvalue weighted by molar-refractivity contribution is 5.90. The molecule has 0 saturated carbocycles. The van der Waals surface area contributed by atoms with Gasteiger partial charge in [0.25, 0.3) is 11.8 Å². The second-order valence-electron chi connectivity index (χ2n) is 5.62. The smallest absolute Gasteiger partial charge is 0.267 e. The zero-order valence-corrected chi connectivity index (χ0v) is 15.6.